The largest absolute Gasteiger partial charge is 0.449 e. The summed E-state index contributed by atoms with van der Waals surface area (Å²) in [6, 6.07) is 9.11. The molecule has 0 saturated heterocycles. The van der Waals surface area contributed by atoms with Gasteiger partial charge in [-0.05, 0) is 25.0 Å². The molecule has 1 aliphatic carbocycles. The van der Waals surface area contributed by atoms with Crippen LogP contribution in [0.25, 0.3) is 11.3 Å². The van der Waals surface area contributed by atoms with E-state index < -0.39 is 0 Å². The van der Waals surface area contributed by atoms with Crippen LogP contribution in [0.4, 0.5) is 5.69 Å². The smallest absolute Gasteiger partial charge is 0.191 e. The molecule has 0 atom stereocenters. The summed E-state index contributed by atoms with van der Waals surface area (Å²) in [5.74, 6) is 0.708. The molecule has 3 rings (SSSR count). The first-order chi connectivity index (χ1) is 9.31. The number of aromatic nitrogens is 1. The molecular formula is C16H20N2O. The molecular weight excluding hydrogens is 236 g/mol. The predicted octanol–water partition coefficient (Wildman–Crippen LogP) is 4.39. The normalized spacial score (nSPS) is 16.5. The molecule has 1 aromatic carbocycles. The molecule has 1 aromatic heterocycles. The fraction of sp³-hybridized carbons (Fsp3) is 0.438. The average Bonchev–Trinajstić information content (AvgIpc) is 2.87. The third-order valence-electron chi connectivity index (χ3n) is 3.78. The molecule has 100 valence electrons. The highest BCUT2D eigenvalue weighted by molar-refractivity contribution is 5.61. The molecule has 1 fully saturated rings. The number of hydrogen-bond donors (Lipinski definition) is 1. The highest BCUT2D eigenvalue weighted by atomic mass is 16.3. The number of benzene rings is 1. The van der Waals surface area contributed by atoms with E-state index in [0.717, 1.165) is 11.3 Å². The zero-order chi connectivity index (χ0) is 13.1. The van der Waals surface area contributed by atoms with E-state index in [1.807, 2.05) is 6.92 Å². The van der Waals surface area contributed by atoms with Crippen molar-refractivity contribution in [2.75, 3.05) is 5.32 Å². The Hall–Kier alpha value is -1.77. The Morgan fingerprint density at radius 1 is 1.11 bits per heavy atom. The first kappa shape index (κ1) is 12.3. The molecule has 0 amide bonds. The van der Waals surface area contributed by atoms with Crippen LogP contribution < -0.4 is 5.32 Å². The van der Waals surface area contributed by atoms with Gasteiger partial charge in [-0.25, -0.2) is 4.98 Å². The second-order valence-electron chi connectivity index (χ2n) is 5.31. The molecule has 1 aliphatic rings. The van der Waals surface area contributed by atoms with E-state index in [1.165, 1.54) is 37.8 Å². The predicted molar refractivity (Wildman–Crippen MR) is 77.2 cm³/mol. The SMILES string of the molecule is Cc1nc(-c2ccc(NC3CCCCC3)cc2)co1. The summed E-state index contributed by atoms with van der Waals surface area (Å²) in [4.78, 5) is 4.34. The van der Waals surface area contributed by atoms with Gasteiger partial charge in [0.1, 0.15) is 12.0 Å². The highest BCUT2D eigenvalue weighted by Gasteiger charge is 2.12. The van der Waals surface area contributed by atoms with E-state index in [0.29, 0.717) is 11.9 Å². The Bertz CT molecular complexity index is 524. The summed E-state index contributed by atoms with van der Waals surface area (Å²) < 4.78 is 5.24. The maximum absolute atomic E-state index is 5.24. The van der Waals surface area contributed by atoms with Crippen LogP contribution in [-0.4, -0.2) is 11.0 Å². The molecule has 1 N–H and O–H groups in total. The van der Waals surface area contributed by atoms with Crippen molar-refractivity contribution < 1.29 is 4.42 Å². The van der Waals surface area contributed by atoms with Crippen LogP contribution >= 0.6 is 0 Å². The zero-order valence-electron chi connectivity index (χ0n) is 11.4. The van der Waals surface area contributed by atoms with Crippen LogP contribution in [0.1, 0.15) is 38.0 Å². The van der Waals surface area contributed by atoms with Crippen molar-refractivity contribution in [2.24, 2.45) is 0 Å². The molecule has 2 aromatic rings. The van der Waals surface area contributed by atoms with Crippen molar-refractivity contribution in [3.05, 3.63) is 36.4 Å². The molecule has 19 heavy (non-hydrogen) atoms. The van der Waals surface area contributed by atoms with Crippen LogP contribution in [0.15, 0.2) is 34.9 Å². The van der Waals surface area contributed by atoms with Gasteiger partial charge in [0.15, 0.2) is 5.89 Å². The van der Waals surface area contributed by atoms with Crippen LogP contribution in [0.2, 0.25) is 0 Å². The van der Waals surface area contributed by atoms with Gasteiger partial charge in [0.2, 0.25) is 0 Å². The molecule has 3 heteroatoms. The minimum Gasteiger partial charge on any atom is -0.449 e. The average molecular weight is 256 g/mol. The summed E-state index contributed by atoms with van der Waals surface area (Å²) in [5, 5.41) is 3.62. The molecule has 0 spiro atoms. The van der Waals surface area contributed by atoms with Crippen molar-refractivity contribution in [2.45, 2.75) is 45.1 Å². The molecule has 0 bridgehead atoms. The first-order valence-corrected chi connectivity index (χ1v) is 7.10. The Kier molecular flexibility index (Phi) is 3.53. The van der Waals surface area contributed by atoms with Gasteiger partial charge in [0.25, 0.3) is 0 Å². The van der Waals surface area contributed by atoms with Crippen LogP contribution in [0.3, 0.4) is 0 Å². The lowest BCUT2D eigenvalue weighted by Crippen LogP contribution is -2.22. The van der Waals surface area contributed by atoms with E-state index in [4.69, 9.17) is 4.42 Å². The third-order valence-corrected chi connectivity index (χ3v) is 3.78. The lowest BCUT2D eigenvalue weighted by Gasteiger charge is -2.23. The van der Waals surface area contributed by atoms with Gasteiger partial charge in [0, 0.05) is 24.2 Å². The highest BCUT2D eigenvalue weighted by Crippen LogP contribution is 2.24. The van der Waals surface area contributed by atoms with Crippen molar-refractivity contribution >= 4 is 5.69 Å². The number of hydrogen-bond acceptors (Lipinski definition) is 3. The van der Waals surface area contributed by atoms with E-state index >= 15 is 0 Å². The maximum Gasteiger partial charge on any atom is 0.191 e. The number of aryl methyl sites for hydroxylation is 1. The summed E-state index contributed by atoms with van der Waals surface area (Å²) in [6.07, 6.45) is 8.40. The standard InChI is InChI=1S/C16H20N2O/c1-12-17-16(11-19-12)13-7-9-15(10-8-13)18-14-5-3-2-4-6-14/h7-11,14,18H,2-6H2,1H3. The van der Waals surface area contributed by atoms with E-state index in [1.54, 1.807) is 6.26 Å². The quantitative estimate of drug-likeness (QED) is 0.884. The van der Waals surface area contributed by atoms with Crippen LogP contribution in [0.5, 0.6) is 0 Å². The number of oxazole rings is 1. The molecule has 1 heterocycles. The van der Waals surface area contributed by atoms with Crippen molar-refractivity contribution in [1.82, 2.24) is 4.98 Å². The minimum atomic E-state index is 0.647. The van der Waals surface area contributed by atoms with Crippen molar-refractivity contribution in [1.29, 1.82) is 0 Å². The van der Waals surface area contributed by atoms with Gasteiger partial charge in [-0.3, -0.25) is 0 Å². The lowest BCUT2D eigenvalue weighted by molar-refractivity contribution is 0.463. The Morgan fingerprint density at radius 2 is 1.84 bits per heavy atom. The monoisotopic (exact) mass is 256 g/mol. The van der Waals surface area contributed by atoms with Gasteiger partial charge in [-0.15, -0.1) is 0 Å². The summed E-state index contributed by atoms with van der Waals surface area (Å²) in [6.45, 7) is 1.86. The summed E-state index contributed by atoms with van der Waals surface area (Å²) >= 11 is 0. The molecule has 1 saturated carbocycles. The first-order valence-electron chi connectivity index (χ1n) is 7.10. The van der Waals surface area contributed by atoms with Crippen molar-refractivity contribution in [3.8, 4) is 11.3 Å². The number of nitrogens with one attached hydrogen (secondary N) is 1. The summed E-state index contributed by atoms with van der Waals surface area (Å²) in [7, 11) is 0. The van der Waals surface area contributed by atoms with Crippen LogP contribution in [0, 0.1) is 6.92 Å². The minimum absolute atomic E-state index is 0.647. The van der Waals surface area contributed by atoms with Gasteiger partial charge in [-0.2, -0.15) is 0 Å². The van der Waals surface area contributed by atoms with Gasteiger partial charge in [0.05, 0.1) is 0 Å². The van der Waals surface area contributed by atoms with E-state index in [-0.39, 0.29) is 0 Å². The Morgan fingerprint density at radius 3 is 2.47 bits per heavy atom. The summed E-state index contributed by atoms with van der Waals surface area (Å²) in [5.41, 5.74) is 3.21. The third kappa shape index (κ3) is 2.98. The van der Waals surface area contributed by atoms with Gasteiger partial charge in [-0.1, -0.05) is 31.4 Å². The fourth-order valence-electron chi connectivity index (χ4n) is 2.72. The molecule has 0 unspecified atom stereocenters. The van der Waals surface area contributed by atoms with E-state index in [2.05, 4.69) is 34.6 Å². The molecule has 3 nitrogen and oxygen atoms in total. The van der Waals surface area contributed by atoms with Gasteiger partial charge < -0.3 is 9.73 Å². The molecule has 0 aliphatic heterocycles. The molecule has 0 radical (unpaired) electrons. The Labute approximate surface area is 114 Å². The Balaban J connectivity index is 1.68. The lowest BCUT2D eigenvalue weighted by atomic mass is 9.95. The second kappa shape index (κ2) is 5.47. The fourth-order valence-corrected chi connectivity index (χ4v) is 2.72. The van der Waals surface area contributed by atoms with Crippen LogP contribution in [-0.2, 0) is 0 Å². The zero-order valence-corrected chi connectivity index (χ0v) is 11.4. The number of anilines is 1. The maximum atomic E-state index is 5.24. The topological polar surface area (TPSA) is 38.1 Å². The number of rotatable bonds is 3. The van der Waals surface area contributed by atoms with Crippen molar-refractivity contribution in [3.63, 3.8) is 0 Å². The van der Waals surface area contributed by atoms with E-state index in [9.17, 15) is 0 Å². The van der Waals surface area contributed by atoms with Gasteiger partial charge >= 0.3 is 0 Å². The second-order valence-corrected chi connectivity index (χ2v) is 5.31. The number of nitrogens with zero attached hydrogens (tertiary/aromatic N) is 1.